The zero-order chi connectivity index (χ0) is 25.9. The van der Waals surface area contributed by atoms with E-state index in [1.54, 1.807) is 48.5 Å². The summed E-state index contributed by atoms with van der Waals surface area (Å²) in [6.45, 7) is 0.349. The number of nitrogens with one attached hydrogen (secondary N) is 2. The van der Waals surface area contributed by atoms with E-state index < -0.39 is 24.0 Å². The van der Waals surface area contributed by atoms with Crippen molar-refractivity contribution >= 4 is 35.1 Å². The number of aliphatic hydroxyl groups is 1. The Morgan fingerprint density at radius 1 is 1.03 bits per heavy atom. The summed E-state index contributed by atoms with van der Waals surface area (Å²) in [7, 11) is 0. The number of carbonyl (C=O) groups excluding carboxylic acids is 2. The summed E-state index contributed by atoms with van der Waals surface area (Å²) in [5.74, 6) is -0.396. The molecule has 0 bridgehead atoms. The minimum absolute atomic E-state index is 0.0575. The van der Waals surface area contributed by atoms with Gasteiger partial charge in [0.2, 0.25) is 0 Å². The Morgan fingerprint density at radius 3 is 2.57 bits per heavy atom. The van der Waals surface area contributed by atoms with Gasteiger partial charge in [-0.2, -0.15) is 5.10 Å². The normalized spacial score (nSPS) is 16.9. The van der Waals surface area contributed by atoms with Crippen LogP contribution in [0.1, 0.15) is 20.8 Å². The van der Waals surface area contributed by atoms with Gasteiger partial charge >= 0.3 is 0 Å². The predicted octanol–water partition coefficient (Wildman–Crippen LogP) is 2.91. The molecule has 1 aliphatic rings. The molecule has 1 fully saturated rings. The second-order valence-corrected chi connectivity index (χ2v) is 8.85. The Labute approximate surface area is 217 Å². The monoisotopic (exact) mass is 518 g/mol. The highest BCUT2D eigenvalue weighted by molar-refractivity contribution is 6.34. The molecule has 0 saturated carbocycles. The van der Waals surface area contributed by atoms with E-state index in [1.807, 2.05) is 18.2 Å². The number of hydrogen-bond donors (Lipinski definition) is 4. The molecule has 0 radical (unpaired) electrons. The lowest BCUT2D eigenvalue weighted by Crippen LogP contribution is -2.42. The third kappa shape index (κ3) is 5.31. The SMILES string of the molecule is Nc1cccc(-c2ccc(Cl)c(C(=O)Nc3cc(C(=O)N[C@H]4COC[C@@H]4O)nn3-c3ccccc3)c2)n1. The van der Waals surface area contributed by atoms with Crippen LogP contribution in [0.15, 0.2) is 72.8 Å². The van der Waals surface area contributed by atoms with Gasteiger partial charge in [0.15, 0.2) is 5.69 Å². The topological polar surface area (TPSA) is 144 Å². The summed E-state index contributed by atoms with van der Waals surface area (Å²) in [5, 5.41) is 20.1. The van der Waals surface area contributed by atoms with Crippen LogP contribution in [0.5, 0.6) is 0 Å². The maximum Gasteiger partial charge on any atom is 0.272 e. The fourth-order valence-corrected chi connectivity index (χ4v) is 4.13. The van der Waals surface area contributed by atoms with Gasteiger partial charge in [0.25, 0.3) is 11.8 Å². The number of nitrogens with two attached hydrogens (primary N) is 1. The number of carbonyl (C=O) groups is 2. The molecule has 0 aliphatic carbocycles. The van der Waals surface area contributed by atoms with Gasteiger partial charge in [-0.3, -0.25) is 9.59 Å². The number of rotatable bonds is 6. The van der Waals surface area contributed by atoms with E-state index in [2.05, 4.69) is 20.7 Å². The Balaban J connectivity index is 1.45. The minimum atomic E-state index is -0.803. The molecule has 188 valence electrons. The number of para-hydroxylation sites is 1. The van der Waals surface area contributed by atoms with Crippen LogP contribution in [0.4, 0.5) is 11.6 Å². The molecular weight excluding hydrogens is 496 g/mol. The van der Waals surface area contributed by atoms with Crippen molar-refractivity contribution in [2.45, 2.75) is 12.1 Å². The van der Waals surface area contributed by atoms with Crippen molar-refractivity contribution in [3.05, 3.63) is 89.1 Å². The molecule has 11 heteroatoms. The third-order valence-electron chi connectivity index (χ3n) is 5.83. The molecule has 1 saturated heterocycles. The van der Waals surface area contributed by atoms with Crippen LogP contribution in [-0.2, 0) is 4.74 Å². The summed E-state index contributed by atoms with van der Waals surface area (Å²) in [6, 6.07) is 20.2. The fraction of sp³-hybridized carbons (Fsp3) is 0.154. The van der Waals surface area contributed by atoms with Gasteiger partial charge < -0.3 is 26.2 Å². The molecule has 1 aliphatic heterocycles. The van der Waals surface area contributed by atoms with E-state index in [0.717, 1.165) is 0 Å². The van der Waals surface area contributed by atoms with E-state index in [1.165, 1.54) is 10.7 Å². The highest BCUT2D eigenvalue weighted by atomic mass is 35.5. The van der Waals surface area contributed by atoms with Crippen LogP contribution in [0.3, 0.4) is 0 Å². The van der Waals surface area contributed by atoms with Crippen molar-refractivity contribution in [3.63, 3.8) is 0 Å². The Hall–Kier alpha value is -4.25. The van der Waals surface area contributed by atoms with Crippen LogP contribution in [0.2, 0.25) is 5.02 Å². The molecule has 0 unspecified atom stereocenters. The van der Waals surface area contributed by atoms with E-state index in [9.17, 15) is 14.7 Å². The van der Waals surface area contributed by atoms with Gasteiger partial charge in [0.1, 0.15) is 11.6 Å². The van der Waals surface area contributed by atoms with Gasteiger partial charge in [0.05, 0.1) is 47.3 Å². The molecule has 2 aromatic heterocycles. The van der Waals surface area contributed by atoms with Crippen LogP contribution in [0.25, 0.3) is 16.9 Å². The number of hydrogen-bond acceptors (Lipinski definition) is 7. The number of pyridine rings is 1. The standard InChI is InChI=1S/C26H23ClN6O4/c27-18-10-9-15(19-7-4-8-23(28)29-19)11-17(18)25(35)31-24-12-20(26(36)30-21-13-37-14-22(21)34)32-33(24)16-5-2-1-3-6-16/h1-12,21-22,34H,13-14H2,(H2,28,29)(H,30,36)(H,31,35)/t21-,22-/m0/s1. The van der Waals surface area contributed by atoms with Crippen LogP contribution in [0, 0.1) is 0 Å². The minimum Gasteiger partial charge on any atom is -0.388 e. The van der Waals surface area contributed by atoms with Gasteiger partial charge in [-0.1, -0.05) is 41.9 Å². The van der Waals surface area contributed by atoms with Gasteiger partial charge in [0, 0.05) is 11.6 Å². The Morgan fingerprint density at radius 2 is 1.84 bits per heavy atom. The number of ether oxygens (including phenoxy) is 1. The molecule has 37 heavy (non-hydrogen) atoms. The van der Waals surface area contributed by atoms with Crippen LogP contribution < -0.4 is 16.4 Å². The Kier molecular flexibility index (Phi) is 6.87. The van der Waals surface area contributed by atoms with Crippen molar-refractivity contribution in [2.24, 2.45) is 0 Å². The van der Waals surface area contributed by atoms with Crippen molar-refractivity contribution in [2.75, 3.05) is 24.3 Å². The first-order valence-corrected chi connectivity index (χ1v) is 11.8. The van der Waals surface area contributed by atoms with Crippen molar-refractivity contribution < 1.29 is 19.4 Å². The lowest BCUT2D eigenvalue weighted by atomic mass is 10.1. The first-order valence-electron chi connectivity index (χ1n) is 11.4. The summed E-state index contributed by atoms with van der Waals surface area (Å²) in [5.41, 5.74) is 7.96. The summed E-state index contributed by atoms with van der Waals surface area (Å²) in [6.07, 6.45) is -0.803. The summed E-state index contributed by atoms with van der Waals surface area (Å²) < 4.78 is 6.64. The molecule has 2 aromatic carbocycles. The van der Waals surface area contributed by atoms with Crippen molar-refractivity contribution in [1.29, 1.82) is 0 Å². The molecule has 5 N–H and O–H groups in total. The number of anilines is 2. The number of nitrogen functional groups attached to an aromatic ring is 1. The molecule has 4 aromatic rings. The highest BCUT2D eigenvalue weighted by Crippen LogP contribution is 2.26. The first-order chi connectivity index (χ1) is 17.9. The molecule has 0 spiro atoms. The van der Waals surface area contributed by atoms with Crippen molar-refractivity contribution in [1.82, 2.24) is 20.1 Å². The van der Waals surface area contributed by atoms with Crippen LogP contribution in [-0.4, -0.2) is 57.0 Å². The number of halogens is 1. The second kappa shape index (κ2) is 10.4. The van der Waals surface area contributed by atoms with Gasteiger partial charge in [-0.25, -0.2) is 9.67 Å². The third-order valence-corrected chi connectivity index (χ3v) is 6.16. The zero-order valence-corrected chi connectivity index (χ0v) is 20.2. The molecule has 3 heterocycles. The lowest BCUT2D eigenvalue weighted by Gasteiger charge is -2.13. The summed E-state index contributed by atoms with van der Waals surface area (Å²) in [4.78, 5) is 30.5. The number of benzene rings is 2. The highest BCUT2D eigenvalue weighted by Gasteiger charge is 2.29. The van der Waals surface area contributed by atoms with E-state index in [-0.39, 0.29) is 35.3 Å². The second-order valence-electron chi connectivity index (χ2n) is 8.44. The van der Waals surface area contributed by atoms with E-state index in [4.69, 9.17) is 22.1 Å². The lowest BCUT2D eigenvalue weighted by molar-refractivity contribution is 0.0881. The summed E-state index contributed by atoms with van der Waals surface area (Å²) >= 11 is 6.37. The molecular formula is C26H23ClN6O4. The number of aliphatic hydroxyl groups excluding tert-OH is 1. The number of amides is 2. The average Bonchev–Trinajstić information content (AvgIpc) is 3.50. The van der Waals surface area contributed by atoms with Gasteiger partial charge in [-0.15, -0.1) is 0 Å². The van der Waals surface area contributed by atoms with Crippen LogP contribution >= 0.6 is 11.6 Å². The van der Waals surface area contributed by atoms with Crippen molar-refractivity contribution in [3.8, 4) is 16.9 Å². The van der Waals surface area contributed by atoms with E-state index >= 15 is 0 Å². The molecule has 5 rings (SSSR count). The van der Waals surface area contributed by atoms with Gasteiger partial charge in [-0.05, 0) is 36.4 Å². The Bertz CT molecular complexity index is 1460. The molecule has 10 nitrogen and oxygen atoms in total. The van der Waals surface area contributed by atoms with E-state index in [0.29, 0.717) is 22.8 Å². The molecule has 2 amide bonds. The zero-order valence-electron chi connectivity index (χ0n) is 19.5. The fourth-order valence-electron chi connectivity index (χ4n) is 3.92. The molecule has 2 atom stereocenters. The quantitative estimate of drug-likeness (QED) is 0.307. The number of nitrogens with zero attached hydrogens (tertiary/aromatic N) is 3. The largest absolute Gasteiger partial charge is 0.388 e. The maximum atomic E-state index is 13.3. The maximum absolute atomic E-state index is 13.3. The average molecular weight is 519 g/mol. The first kappa shape index (κ1) is 24.4. The predicted molar refractivity (Wildman–Crippen MR) is 139 cm³/mol. The number of aromatic nitrogens is 3. The smallest absolute Gasteiger partial charge is 0.272 e.